The number of halogens is 3. The molecule has 1 aliphatic heterocycles. The van der Waals surface area contributed by atoms with Crippen molar-refractivity contribution in [1.29, 1.82) is 0 Å². The molecule has 7 heteroatoms. The molecule has 0 aromatic rings. The molecule has 0 aromatic carbocycles. The van der Waals surface area contributed by atoms with Crippen molar-refractivity contribution in [1.82, 2.24) is 15.5 Å². The minimum atomic E-state index is -4.19. The minimum absolute atomic E-state index is 0.0766. The summed E-state index contributed by atoms with van der Waals surface area (Å²) in [6.07, 6.45) is -1.79. The monoisotopic (exact) mass is 281 g/mol. The Labute approximate surface area is 111 Å². The topological polar surface area (TPSA) is 44.4 Å². The van der Waals surface area contributed by atoms with Crippen LogP contribution < -0.4 is 10.6 Å². The number of alkyl halides is 3. The first kappa shape index (κ1) is 16.2. The Hall–Kier alpha value is -0.820. The molecule has 0 aromatic heterocycles. The minimum Gasteiger partial charge on any atom is -0.355 e. The number of nitrogens with one attached hydrogen (secondary N) is 2. The number of carbonyl (C=O) groups excluding carboxylic acids is 1. The summed E-state index contributed by atoms with van der Waals surface area (Å²) in [6.45, 7) is 1.48. The van der Waals surface area contributed by atoms with Crippen LogP contribution in [0.2, 0.25) is 0 Å². The van der Waals surface area contributed by atoms with Crippen LogP contribution in [0.3, 0.4) is 0 Å². The average Bonchev–Trinajstić information content (AvgIpc) is 2.76. The fraction of sp³-hybridized carbons (Fsp3) is 0.917. The molecule has 1 aliphatic rings. The quantitative estimate of drug-likeness (QED) is 0.731. The highest BCUT2D eigenvalue weighted by Crippen LogP contribution is 2.15. The van der Waals surface area contributed by atoms with Gasteiger partial charge in [0.2, 0.25) is 5.91 Å². The summed E-state index contributed by atoms with van der Waals surface area (Å²) < 4.78 is 36.2. The van der Waals surface area contributed by atoms with E-state index < -0.39 is 12.7 Å². The van der Waals surface area contributed by atoms with Gasteiger partial charge in [-0.3, -0.25) is 9.69 Å². The van der Waals surface area contributed by atoms with Crippen molar-refractivity contribution in [2.24, 2.45) is 5.92 Å². The highest BCUT2D eigenvalue weighted by Gasteiger charge is 2.28. The summed E-state index contributed by atoms with van der Waals surface area (Å²) >= 11 is 0. The number of amides is 1. The maximum Gasteiger partial charge on any atom is 0.401 e. The van der Waals surface area contributed by atoms with Crippen LogP contribution in [0.4, 0.5) is 13.2 Å². The highest BCUT2D eigenvalue weighted by molar-refractivity contribution is 5.75. The Morgan fingerprint density at radius 2 is 2.21 bits per heavy atom. The van der Waals surface area contributed by atoms with E-state index in [2.05, 4.69) is 10.6 Å². The number of hydrogen-bond acceptors (Lipinski definition) is 3. The second-order valence-corrected chi connectivity index (χ2v) is 5.10. The zero-order chi connectivity index (χ0) is 14.3. The molecule has 1 atom stereocenters. The van der Waals surface area contributed by atoms with Crippen LogP contribution in [0.15, 0.2) is 0 Å². The van der Waals surface area contributed by atoms with E-state index in [1.165, 1.54) is 7.05 Å². The maximum absolute atomic E-state index is 12.1. The second kappa shape index (κ2) is 7.69. The number of carbonyl (C=O) groups is 1. The van der Waals surface area contributed by atoms with Crippen molar-refractivity contribution in [2.45, 2.75) is 25.4 Å². The Morgan fingerprint density at radius 3 is 2.79 bits per heavy atom. The lowest BCUT2D eigenvalue weighted by Crippen LogP contribution is -2.37. The first-order valence-electron chi connectivity index (χ1n) is 6.59. The van der Waals surface area contributed by atoms with E-state index in [1.807, 2.05) is 0 Å². The van der Waals surface area contributed by atoms with Gasteiger partial charge < -0.3 is 10.6 Å². The van der Waals surface area contributed by atoms with Crippen molar-refractivity contribution in [3.05, 3.63) is 0 Å². The molecule has 0 aliphatic carbocycles. The van der Waals surface area contributed by atoms with E-state index >= 15 is 0 Å². The van der Waals surface area contributed by atoms with Gasteiger partial charge >= 0.3 is 6.18 Å². The molecular formula is C12H22F3N3O. The smallest absolute Gasteiger partial charge is 0.355 e. The van der Waals surface area contributed by atoms with Gasteiger partial charge in [0.25, 0.3) is 0 Å². The van der Waals surface area contributed by atoms with Crippen LogP contribution in [-0.4, -0.2) is 56.8 Å². The van der Waals surface area contributed by atoms with E-state index in [-0.39, 0.29) is 19.0 Å². The van der Waals surface area contributed by atoms with E-state index in [9.17, 15) is 18.0 Å². The van der Waals surface area contributed by atoms with Crippen molar-refractivity contribution in [3.8, 4) is 0 Å². The molecule has 4 nitrogen and oxygen atoms in total. The number of likely N-dealkylation sites (N-methyl/N-ethyl adjacent to an activating group) is 1. The van der Waals surface area contributed by atoms with Crippen LogP contribution in [0.1, 0.15) is 19.3 Å². The van der Waals surface area contributed by atoms with E-state index in [0.29, 0.717) is 12.3 Å². The van der Waals surface area contributed by atoms with Crippen LogP contribution in [-0.2, 0) is 4.79 Å². The van der Waals surface area contributed by atoms with Gasteiger partial charge in [-0.2, -0.15) is 13.2 Å². The molecule has 1 unspecified atom stereocenters. The Kier molecular flexibility index (Phi) is 6.57. The third kappa shape index (κ3) is 8.05. The molecule has 2 N–H and O–H groups in total. The maximum atomic E-state index is 12.1. The van der Waals surface area contributed by atoms with Crippen molar-refractivity contribution in [3.63, 3.8) is 0 Å². The third-order valence-electron chi connectivity index (χ3n) is 3.21. The van der Waals surface area contributed by atoms with Crippen LogP contribution >= 0.6 is 0 Å². The lowest BCUT2D eigenvalue weighted by molar-refractivity contribution is -0.142. The zero-order valence-electron chi connectivity index (χ0n) is 11.2. The first-order chi connectivity index (χ1) is 8.87. The molecule has 0 radical (unpaired) electrons. The summed E-state index contributed by atoms with van der Waals surface area (Å²) in [5, 5.41) is 5.89. The van der Waals surface area contributed by atoms with E-state index in [0.717, 1.165) is 30.8 Å². The van der Waals surface area contributed by atoms with Crippen molar-refractivity contribution < 1.29 is 18.0 Å². The van der Waals surface area contributed by atoms with Gasteiger partial charge in [0.05, 0.1) is 6.54 Å². The van der Waals surface area contributed by atoms with Gasteiger partial charge in [-0.05, 0) is 38.9 Å². The van der Waals surface area contributed by atoms with Gasteiger partial charge in [0.1, 0.15) is 0 Å². The Bertz CT molecular complexity index is 278. The Morgan fingerprint density at radius 1 is 1.47 bits per heavy atom. The van der Waals surface area contributed by atoms with Crippen LogP contribution in [0, 0.1) is 5.92 Å². The average molecular weight is 281 g/mol. The van der Waals surface area contributed by atoms with E-state index in [1.54, 1.807) is 0 Å². The fourth-order valence-corrected chi connectivity index (χ4v) is 2.16. The van der Waals surface area contributed by atoms with Gasteiger partial charge in [0.15, 0.2) is 0 Å². The molecule has 1 saturated heterocycles. The molecule has 19 heavy (non-hydrogen) atoms. The van der Waals surface area contributed by atoms with Gasteiger partial charge in [-0.1, -0.05) is 0 Å². The number of rotatable bonds is 7. The van der Waals surface area contributed by atoms with Gasteiger partial charge in [0, 0.05) is 19.5 Å². The normalized spacial score (nSPS) is 19.9. The second-order valence-electron chi connectivity index (χ2n) is 5.10. The molecule has 0 bridgehead atoms. The number of nitrogens with zero attached hydrogens (tertiary/aromatic N) is 1. The van der Waals surface area contributed by atoms with Crippen molar-refractivity contribution in [2.75, 3.05) is 39.8 Å². The fourth-order valence-electron chi connectivity index (χ4n) is 2.16. The lowest BCUT2D eigenvalue weighted by atomic mass is 10.0. The standard InChI is InChI=1S/C12H22F3N3O/c1-18(9-12(13,14)15)7-6-17-11(19)3-2-10-4-5-16-8-10/h10,16H,2-9H2,1H3,(H,17,19). The molecule has 0 saturated carbocycles. The SMILES string of the molecule is CN(CCNC(=O)CCC1CCNC1)CC(F)(F)F. The molecule has 1 fully saturated rings. The number of hydrogen-bond donors (Lipinski definition) is 2. The van der Waals surface area contributed by atoms with Crippen molar-refractivity contribution >= 4 is 5.91 Å². The molecule has 1 rings (SSSR count). The summed E-state index contributed by atoms with van der Waals surface area (Å²) in [4.78, 5) is 12.6. The molecular weight excluding hydrogens is 259 g/mol. The van der Waals surface area contributed by atoms with Crippen LogP contribution in [0.25, 0.3) is 0 Å². The lowest BCUT2D eigenvalue weighted by Gasteiger charge is -2.18. The first-order valence-corrected chi connectivity index (χ1v) is 6.59. The highest BCUT2D eigenvalue weighted by atomic mass is 19.4. The summed E-state index contributed by atoms with van der Waals surface area (Å²) in [5.74, 6) is 0.478. The summed E-state index contributed by atoms with van der Waals surface area (Å²) in [6, 6.07) is 0. The Balaban J connectivity index is 2.03. The van der Waals surface area contributed by atoms with Gasteiger partial charge in [-0.25, -0.2) is 0 Å². The molecule has 0 spiro atoms. The molecule has 1 amide bonds. The summed E-state index contributed by atoms with van der Waals surface area (Å²) in [5.41, 5.74) is 0. The third-order valence-corrected chi connectivity index (χ3v) is 3.21. The van der Waals surface area contributed by atoms with Gasteiger partial charge in [-0.15, -0.1) is 0 Å². The molecule has 112 valence electrons. The van der Waals surface area contributed by atoms with E-state index in [4.69, 9.17) is 0 Å². The van der Waals surface area contributed by atoms with Crippen LogP contribution in [0.5, 0.6) is 0 Å². The summed E-state index contributed by atoms with van der Waals surface area (Å²) in [7, 11) is 1.39. The largest absolute Gasteiger partial charge is 0.401 e. The molecule has 1 heterocycles. The zero-order valence-corrected chi connectivity index (χ0v) is 11.2. The predicted octanol–water partition coefficient (Wildman–Crippen LogP) is 0.986. The predicted molar refractivity (Wildman–Crippen MR) is 66.8 cm³/mol.